The van der Waals surface area contributed by atoms with Crippen molar-refractivity contribution in [2.24, 2.45) is 0 Å². The van der Waals surface area contributed by atoms with E-state index in [0.717, 1.165) is 5.56 Å². The molecule has 84 valence electrons. The van der Waals surface area contributed by atoms with Crippen LogP contribution in [-0.2, 0) is 0 Å². The van der Waals surface area contributed by atoms with E-state index in [1.54, 1.807) is 13.2 Å². The average Bonchev–Trinajstić information content (AvgIpc) is 2.78. The summed E-state index contributed by atoms with van der Waals surface area (Å²) in [6.07, 6.45) is 1.79. The molecule has 1 heterocycles. The summed E-state index contributed by atoms with van der Waals surface area (Å²) in [6.45, 7) is 0. The number of allylic oxidation sites excluding steroid dienone is 2. The number of nitrogens with one attached hydrogen (secondary N) is 1. The van der Waals surface area contributed by atoms with Crippen molar-refractivity contribution in [1.82, 2.24) is 0 Å². The number of hydrogen-bond acceptors (Lipinski definition) is 4. The second-order valence-electron chi connectivity index (χ2n) is 3.35. The van der Waals surface area contributed by atoms with Crippen LogP contribution in [0, 0.1) is 16.7 Å². The van der Waals surface area contributed by atoms with Crippen molar-refractivity contribution in [1.29, 1.82) is 10.7 Å². The lowest BCUT2D eigenvalue weighted by molar-refractivity contribution is 0.413. The Bertz CT molecular complexity index is 567. The van der Waals surface area contributed by atoms with Crippen molar-refractivity contribution < 1.29 is 4.74 Å². The zero-order chi connectivity index (χ0) is 12.3. The van der Waals surface area contributed by atoms with E-state index < -0.39 is 0 Å². The molecule has 4 heteroatoms. The summed E-state index contributed by atoms with van der Waals surface area (Å²) in [4.78, 5) is 0. The highest BCUT2D eigenvalue weighted by Crippen LogP contribution is 2.33. The summed E-state index contributed by atoms with van der Waals surface area (Å²) in [7, 11) is 1.57. The molecule has 0 spiro atoms. The van der Waals surface area contributed by atoms with Crippen molar-refractivity contribution in [3.05, 3.63) is 46.9 Å². The van der Waals surface area contributed by atoms with Gasteiger partial charge in [0.1, 0.15) is 11.8 Å². The third-order valence-corrected chi connectivity index (χ3v) is 3.15. The predicted octanol–water partition coefficient (Wildman–Crippen LogP) is 3.21. The largest absolute Gasteiger partial charge is 0.496 e. The van der Waals surface area contributed by atoms with Gasteiger partial charge < -0.3 is 4.74 Å². The molecular formula is C13H10N2OS. The topological polar surface area (TPSA) is 56.9 Å². The van der Waals surface area contributed by atoms with Gasteiger partial charge in [-0.2, -0.15) is 5.26 Å². The van der Waals surface area contributed by atoms with E-state index in [9.17, 15) is 5.26 Å². The van der Waals surface area contributed by atoms with E-state index >= 15 is 0 Å². The number of benzene rings is 1. The molecule has 1 aliphatic heterocycles. The first kappa shape index (κ1) is 11.5. The highest BCUT2D eigenvalue weighted by molar-refractivity contribution is 8.17. The molecule has 2 rings (SSSR count). The predicted molar refractivity (Wildman–Crippen MR) is 70.0 cm³/mol. The maximum Gasteiger partial charge on any atom is 0.127 e. The van der Waals surface area contributed by atoms with Crippen LogP contribution in [0.15, 0.2) is 41.3 Å². The molecule has 0 bridgehead atoms. The SMILES string of the molecule is COc1ccccc1/C(C#N)=C1\C=CSC1=N. The van der Waals surface area contributed by atoms with E-state index in [-0.39, 0.29) is 0 Å². The number of nitrogens with zero attached hydrogens (tertiary/aromatic N) is 1. The fraction of sp³-hybridized carbons (Fsp3) is 0.0769. The first-order valence-corrected chi connectivity index (χ1v) is 5.85. The van der Waals surface area contributed by atoms with Gasteiger partial charge in [0.05, 0.1) is 17.7 Å². The van der Waals surface area contributed by atoms with Crippen molar-refractivity contribution in [2.45, 2.75) is 0 Å². The molecule has 0 aromatic heterocycles. The van der Waals surface area contributed by atoms with Crippen molar-refractivity contribution in [3.63, 3.8) is 0 Å². The maximum absolute atomic E-state index is 9.27. The minimum atomic E-state index is 0.396. The molecular weight excluding hydrogens is 232 g/mol. The van der Waals surface area contributed by atoms with E-state index in [2.05, 4.69) is 6.07 Å². The summed E-state index contributed by atoms with van der Waals surface area (Å²) in [6, 6.07) is 9.50. The Morgan fingerprint density at radius 1 is 1.41 bits per heavy atom. The summed E-state index contributed by atoms with van der Waals surface area (Å²) < 4.78 is 5.24. The Labute approximate surface area is 104 Å². The lowest BCUT2D eigenvalue weighted by atomic mass is 10.0. The number of nitriles is 1. The molecule has 1 aromatic carbocycles. The second-order valence-corrected chi connectivity index (χ2v) is 4.27. The second kappa shape index (κ2) is 4.89. The molecule has 1 N–H and O–H groups in total. The Hall–Kier alpha value is -1.99. The standard InChI is InChI=1S/C13H10N2OS/c1-16-12-5-3-2-4-9(12)11(8-14)10-6-7-17-13(10)15/h2-7,15H,1H3/b11-10+,15-13?. The van der Waals surface area contributed by atoms with E-state index in [1.807, 2.05) is 29.7 Å². The monoisotopic (exact) mass is 242 g/mol. The van der Waals surface area contributed by atoms with Gasteiger partial charge in [0.25, 0.3) is 0 Å². The maximum atomic E-state index is 9.27. The van der Waals surface area contributed by atoms with Crippen LogP contribution in [0.5, 0.6) is 5.75 Å². The Balaban J connectivity index is 2.62. The quantitative estimate of drug-likeness (QED) is 0.810. The Morgan fingerprint density at radius 2 is 2.18 bits per heavy atom. The van der Waals surface area contributed by atoms with E-state index in [1.165, 1.54) is 11.8 Å². The minimum Gasteiger partial charge on any atom is -0.496 e. The van der Waals surface area contributed by atoms with Gasteiger partial charge in [-0.25, -0.2) is 0 Å². The molecule has 0 saturated heterocycles. The van der Waals surface area contributed by atoms with Crippen LogP contribution in [0.1, 0.15) is 5.56 Å². The minimum absolute atomic E-state index is 0.396. The van der Waals surface area contributed by atoms with E-state index in [0.29, 0.717) is 21.9 Å². The van der Waals surface area contributed by atoms with Gasteiger partial charge in [0.2, 0.25) is 0 Å². The third kappa shape index (κ3) is 2.10. The number of para-hydroxylation sites is 1. The molecule has 0 saturated carbocycles. The zero-order valence-electron chi connectivity index (χ0n) is 9.23. The molecule has 1 aromatic rings. The summed E-state index contributed by atoms with van der Waals surface area (Å²) in [5.41, 5.74) is 1.86. The fourth-order valence-electron chi connectivity index (χ4n) is 1.62. The van der Waals surface area contributed by atoms with Gasteiger partial charge in [0, 0.05) is 11.1 Å². The van der Waals surface area contributed by atoms with Crippen LogP contribution < -0.4 is 4.74 Å². The van der Waals surface area contributed by atoms with Gasteiger partial charge in [-0.3, -0.25) is 5.41 Å². The van der Waals surface area contributed by atoms with Gasteiger partial charge in [0.15, 0.2) is 0 Å². The van der Waals surface area contributed by atoms with Gasteiger partial charge in [-0.1, -0.05) is 23.9 Å². The normalized spacial score (nSPS) is 16.8. The molecule has 0 amide bonds. The lowest BCUT2D eigenvalue weighted by Crippen LogP contribution is -1.96. The molecule has 0 radical (unpaired) electrons. The molecule has 3 nitrogen and oxygen atoms in total. The summed E-state index contributed by atoms with van der Waals surface area (Å²) in [5, 5.41) is 19.2. The smallest absolute Gasteiger partial charge is 0.127 e. The summed E-state index contributed by atoms with van der Waals surface area (Å²) in [5.74, 6) is 0.648. The molecule has 1 aliphatic rings. The molecule has 0 atom stereocenters. The zero-order valence-corrected chi connectivity index (χ0v) is 10.0. The number of hydrogen-bond donors (Lipinski definition) is 1. The van der Waals surface area contributed by atoms with E-state index in [4.69, 9.17) is 10.1 Å². The summed E-state index contributed by atoms with van der Waals surface area (Å²) >= 11 is 1.31. The number of rotatable bonds is 2. The highest BCUT2D eigenvalue weighted by Gasteiger charge is 2.17. The molecule has 0 fully saturated rings. The third-order valence-electron chi connectivity index (χ3n) is 2.42. The van der Waals surface area contributed by atoms with Gasteiger partial charge in [-0.05, 0) is 23.6 Å². The van der Waals surface area contributed by atoms with Gasteiger partial charge >= 0.3 is 0 Å². The van der Waals surface area contributed by atoms with Crippen LogP contribution in [0.4, 0.5) is 0 Å². The van der Waals surface area contributed by atoms with Crippen LogP contribution in [0.2, 0.25) is 0 Å². The number of methoxy groups -OCH3 is 1. The molecule has 17 heavy (non-hydrogen) atoms. The highest BCUT2D eigenvalue weighted by atomic mass is 32.2. The molecule has 0 unspecified atom stereocenters. The number of thioether (sulfide) groups is 1. The van der Waals surface area contributed by atoms with Crippen molar-refractivity contribution >= 4 is 22.4 Å². The van der Waals surface area contributed by atoms with Gasteiger partial charge in [-0.15, -0.1) is 0 Å². The fourth-order valence-corrected chi connectivity index (χ4v) is 2.26. The van der Waals surface area contributed by atoms with Crippen molar-refractivity contribution in [3.8, 4) is 11.8 Å². The van der Waals surface area contributed by atoms with Crippen LogP contribution in [0.25, 0.3) is 5.57 Å². The first-order valence-electron chi connectivity index (χ1n) is 4.98. The Kier molecular flexibility index (Phi) is 3.31. The van der Waals surface area contributed by atoms with Crippen LogP contribution >= 0.6 is 11.8 Å². The number of ether oxygens (including phenoxy) is 1. The molecule has 0 aliphatic carbocycles. The van der Waals surface area contributed by atoms with Crippen molar-refractivity contribution in [2.75, 3.05) is 7.11 Å². The average molecular weight is 242 g/mol. The van der Waals surface area contributed by atoms with Crippen LogP contribution in [0.3, 0.4) is 0 Å². The van der Waals surface area contributed by atoms with Crippen LogP contribution in [-0.4, -0.2) is 12.2 Å². The Morgan fingerprint density at radius 3 is 2.76 bits per heavy atom. The first-order chi connectivity index (χ1) is 8.27. The lowest BCUT2D eigenvalue weighted by Gasteiger charge is -2.08.